The lowest BCUT2D eigenvalue weighted by Gasteiger charge is -2.06. The van der Waals surface area contributed by atoms with E-state index >= 15 is 0 Å². The van der Waals surface area contributed by atoms with Crippen molar-refractivity contribution in [2.75, 3.05) is 12.4 Å². The lowest BCUT2D eigenvalue weighted by molar-refractivity contribution is -0.145. The molecule has 1 rings (SSSR count). The maximum absolute atomic E-state index is 11.0. The molecule has 0 radical (unpaired) electrons. The minimum atomic E-state index is -0.0338. The van der Waals surface area contributed by atoms with Crippen molar-refractivity contribution in [3.05, 3.63) is 0 Å². The zero-order valence-corrected chi connectivity index (χ0v) is 8.26. The molecule has 0 unspecified atom stereocenters. The summed E-state index contributed by atoms with van der Waals surface area (Å²) in [5.41, 5.74) is 0. The molecule has 0 spiro atoms. The molecule has 0 aromatic heterocycles. The van der Waals surface area contributed by atoms with Crippen molar-refractivity contribution in [3.8, 4) is 0 Å². The van der Waals surface area contributed by atoms with Gasteiger partial charge in [0.05, 0.1) is 13.0 Å². The molecule has 0 bridgehead atoms. The Morgan fingerprint density at radius 3 is 2.82 bits per heavy atom. The molecule has 0 aromatic carbocycles. The van der Waals surface area contributed by atoms with Crippen molar-refractivity contribution in [2.45, 2.75) is 19.3 Å². The highest BCUT2D eigenvalue weighted by molar-refractivity contribution is 9.09. The SMILES string of the molecule is COC(=O)[C@H]1CC[C@@H](CBr)C1. The summed E-state index contributed by atoms with van der Waals surface area (Å²) in [5.74, 6) is 0.815. The standard InChI is InChI=1S/C8H13BrO2/c1-11-8(10)7-3-2-6(4-7)5-9/h6-7H,2-5H2,1H3/t6-,7+/m1/s1. The average Bonchev–Trinajstić information content (AvgIpc) is 2.50. The van der Waals surface area contributed by atoms with Crippen LogP contribution in [-0.4, -0.2) is 18.4 Å². The van der Waals surface area contributed by atoms with Crippen molar-refractivity contribution < 1.29 is 9.53 Å². The highest BCUT2D eigenvalue weighted by atomic mass is 79.9. The van der Waals surface area contributed by atoms with Gasteiger partial charge in [-0.3, -0.25) is 4.79 Å². The molecule has 0 aromatic rings. The van der Waals surface area contributed by atoms with E-state index in [0.29, 0.717) is 5.92 Å². The summed E-state index contributed by atoms with van der Waals surface area (Å²) in [6.45, 7) is 0. The predicted molar refractivity (Wildman–Crippen MR) is 46.6 cm³/mol. The summed E-state index contributed by atoms with van der Waals surface area (Å²) in [7, 11) is 1.46. The second kappa shape index (κ2) is 4.10. The lowest BCUT2D eigenvalue weighted by atomic mass is 10.1. The van der Waals surface area contributed by atoms with E-state index in [1.165, 1.54) is 7.11 Å². The fourth-order valence-electron chi connectivity index (χ4n) is 1.60. The van der Waals surface area contributed by atoms with Gasteiger partial charge in [0, 0.05) is 5.33 Å². The van der Waals surface area contributed by atoms with Gasteiger partial charge in [-0.15, -0.1) is 0 Å². The molecule has 1 aliphatic carbocycles. The molecule has 2 atom stereocenters. The molecule has 1 saturated carbocycles. The Morgan fingerprint density at radius 2 is 2.36 bits per heavy atom. The summed E-state index contributed by atoms with van der Waals surface area (Å²) in [5, 5.41) is 1.01. The Balaban J connectivity index is 2.35. The Morgan fingerprint density at radius 1 is 1.64 bits per heavy atom. The van der Waals surface area contributed by atoms with Gasteiger partial charge in [-0.25, -0.2) is 0 Å². The van der Waals surface area contributed by atoms with Gasteiger partial charge in [0.15, 0.2) is 0 Å². The van der Waals surface area contributed by atoms with Crippen LogP contribution in [0.5, 0.6) is 0 Å². The summed E-state index contributed by atoms with van der Waals surface area (Å²) >= 11 is 3.42. The van der Waals surface area contributed by atoms with Crippen LogP contribution in [0.3, 0.4) is 0 Å². The first kappa shape index (κ1) is 9.04. The normalized spacial score (nSPS) is 30.4. The largest absolute Gasteiger partial charge is 0.469 e. The zero-order chi connectivity index (χ0) is 8.27. The summed E-state index contributed by atoms with van der Waals surface area (Å²) in [6.07, 6.45) is 3.16. The summed E-state index contributed by atoms with van der Waals surface area (Å²) in [6, 6.07) is 0. The number of rotatable bonds is 2. The van der Waals surface area contributed by atoms with Gasteiger partial charge in [0.2, 0.25) is 0 Å². The monoisotopic (exact) mass is 220 g/mol. The molecule has 0 amide bonds. The number of halogens is 1. The maximum atomic E-state index is 11.0. The van der Waals surface area contributed by atoms with Crippen molar-refractivity contribution in [1.29, 1.82) is 0 Å². The molecule has 0 saturated heterocycles. The number of carbonyl (C=O) groups excluding carboxylic acids is 1. The molecule has 0 aliphatic heterocycles. The van der Waals surface area contributed by atoms with Gasteiger partial charge < -0.3 is 4.74 Å². The minimum absolute atomic E-state index is 0.0338. The number of methoxy groups -OCH3 is 1. The highest BCUT2D eigenvalue weighted by Gasteiger charge is 2.29. The third-order valence-electron chi connectivity index (χ3n) is 2.29. The van der Waals surface area contributed by atoms with Gasteiger partial charge in [-0.1, -0.05) is 15.9 Å². The Bertz CT molecular complexity index is 147. The molecule has 64 valence electrons. The van der Waals surface area contributed by atoms with Crippen LogP contribution in [0.15, 0.2) is 0 Å². The average molecular weight is 221 g/mol. The van der Waals surface area contributed by atoms with E-state index in [4.69, 9.17) is 0 Å². The van der Waals surface area contributed by atoms with Crippen molar-refractivity contribution in [2.24, 2.45) is 11.8 Å². The molecule has 11 heavy (non-hydrogen) atoms. The van der Waals surface area contributed by atoms with E-state index in [-0.39, 0.29) is 11.9 Å². The maximum Gasteiger partial charge on any atom is 0.308 e. The first-order chi connectivity index (χ1) is 5.27. The number of ether oxygens (including phenoxy) is 1. The van der Waals surface area contributed by atoms with Crippen molar-refractivity contribution >= 4 is 21.9 Å². The van der Waals surface area contributed by atoms with Crippen LogP contribution < -0.4 is 0 Å². The lowest BCUT2D eigenvalue weighted by Crippen LogP contribution is -2.12. The summed E-state index contributed by atoms with van der Waals surface area (Å²) in [4.78, 5) is 11.0. The van der Waals surface area contributed by atoms with Gasteiger partial charge in [0.1, 0.15) is 0 Å². The zero-order valence-electron chi connectivity index (χ0n) is 6.68. The third kappa shape index (κ3) is 2.19. The number of hydrogen-bond donors (Lipinski definition) is 0. The van der Waals surface area contributed by atoms with Crippen LogP contribution in [0, 0.1) is 11.8 Å². The molecule has 3 heteroatoms. The highest BCUT2D eigenvalue weighted by Crippen LogP contribution is 2.32. The molecular weight excluding hydrogens is 208 g/mol. The molecule has 1 fully saturated rings. The van der Waals surface area contributed by atoms with Gasteiger partial charge in [0.25, 0.3) is 0 Å². The number of hydrogen-bond acceptors (Lipinski definition) is 2. The van der Waals surface area contributed by atoms with Crippen LogP contribution in [-0.2, 0) is 9.53 Å². The van der Waals surface area contributed by atoms with Crippen LogP contribution >= 0.6 is 15.9 Å². The van der Waals surface area contributed by atoms with Crippen LogP contribution in [0.25, 0.3) is 0 Å². The van der Waals surface area contributed by atoms with Gasteiger partial charge in [-0.05, 0) is 25.2 Å². The quantitative estimate of drug-likeness (QED) is 0.526. The second-order valence-corrected chi connectivity index (χ2v) is 3.70. The van der Waals surface area contributed by atoms with Crippen LogP contribution in [0.1, 0.15) is 19.3 Å². The summed E-state index contributed by atoms with van der Waals surface area (Å²) < 4.78 is 4.67. The smallest absolute Gasteiger partial charge is 0.308 e. The van der Waals surface area contributed by atoms with Crippen LogP contribution in [0.4, 0.5) is 0 Å². The van der Waals surface area contributed by atoms with Crippen molar-refractivity contribution in [3.63, 3.8) is 0 Å². The predicted octanol–water partition coefficient (Wildman–Crippen LogP) is 1.97. The van der Waals surface area contributed by atoms with Crippen LogP contribution in [0.2, 0.25) is 0 Å². The van der Waals surface area contributed by atoms with E-state index in [2.05, 4.69) is 20.7 Å². The first-order valence-electron chi connectivity index (χ1n) is 3.91. The Kier molecular flexibility index (Phi) is 3.37. The van der Waals surface area contributed by atoms with E-state index in [1.54, 1.807) is 0 Å². The van der Waals surface area contributed by atoms with E-state index < -0.39 is 0 Å². The van der Waals surface area contributed by atoms with E-state index in [0.717, 1.165) is 24.6 Å². The Labute approximate surface area is 75.4 Å². The van der Waals surface area contributed by atoms with Gasteiger partial charge in [-0.2, -0.15) is 0 Å². The van der Waals surface area contributed by atoms with E-state index in [1.807, 2.05) is 0 Å². The number of carbonyl (C=O) groups is 1. The molecular formula is C8H13BrO2. The van der Waals surface area contributed by atoms with E-state index in [9.17, 15) is 4.79 Å². The minimum Gasteiger partial charge on any atom is -0.469 e. The molecule has 0 N–H and O–H groups in total. The number of alkyl halides is 1. The molecule has 2 nitrogen and oxygen atoms in total. The van der Waals surface area contributed by atoms with Crippen molar-refractivity contribution in [1.82, 2.24) is 0 Å². The van der Waals surface area contributed by atoms with Gasteiger partial charge >= 0.3 is 5.97 Å². The molecule has 1 aliphatic rings. The second-order valence-electron chi connectivity index (χ2n) is 3.05. The first-order valence-corrected chi connectivity index (χ1v) is 5.04. The topological polar surface area (TPSA) is 26.3 Å². The fraction of sp³-hybridized carbons (Fsp3) is 0.875. The third-order valence-corrected chi connectivity index (χ3v) is 3.21. The number of esters is 1. The molecule has 0 heterocycles. The Hall–Kier alpha value is -0.0500. The fourth-order valence-corrected chi connectivity index (χ4v) is 2.18.